The Labute approximate surface area is 210 Å². The van der Waals surface area contributed by atoms with Crippen LogP contribution in [-0.2, 0) is 0 Å². The molecule has 0 bridgehead atoms. The summed E-state index contributed by atoms with van der Waals surface area (Å²) in [6.45, 7) is 13.5. The van der Waals surface area contributed by atoms with Gasteiger partial charge < -0.3 is 0 Å². The normalized spacial score (nSPS) is 13.1. The van der Waals surface area contributed by atoms with Crippen molar-refractivity contribution in [2.24, 2.45) is 0 Å². The molecular weight excluding hydrogens is 420 g/mol. The van der Waals surface area contributed by atoms with Crippen LogP contribution in [0.2, 0.25) is 0 Å². The molecule has 0 radical (unpaired) electrons. The minimum Gasteiger partial charge on any atom is -0.0764 e. The van der Waals surface area contributed by atoms with Crippen LogP contribution in [0, 0.1) is 0 Å². The summed E-state index contributed by atoms with van der Waals surface area (Å²) in [4.78, 5) is 0. The van der Waals surface area contributed by atoms with Crippen LogP contribution in [0.4, 0.5) is 0 Å². The van der Waals surface area contributed by atoms with E-state index in [9.17, 15) is 0 Å². The van der Waals surface area contributed by atoms with Crippen LogP contribution in [0.15, 0.2) is 60.7 Å². The number of hydrogen-bond acceptors (Lipinski definition) is 0. The predicted octanol–water partition coefficient (Wildman–Crippen LogP) is 9.27. The molecule has 0 heterocycles. The van der Waals surface area contributed by atoms with Gasteiger partial charge in [0.1, 0.15) is 0 Å². The molecule has 0 saturated carbocycles. The van der Waals surface area contributed by atoms with Gasteiger partial charge in [0.05, 0.1) is 0 Å². The van der Waals surface area contributed by atoms with Gasteiger partial charge in [-0.3, -0.25) is 0 Å². The Morgan fingerprint density at radius 2 is 1.20 bits per heavy atom. The van der Waals surface area contributed by atoms with Crippen LogP contribution in [0.25, 0.3) is 55.6 Å². The van der Waals surface area contributed by atoms with Crippen molar-refractivity contribution in [3.05, 3.63) is 82.2 Å². The van der Waals surface area contributed by atoms with Gasteiger partial charge in [0, 0.05) is 0 Å². The van der Waals surface area contributed by atoms with E-state index in [1.807, 2.05) is 0 Å². The molecule has 0 N–H and O–H groups in total. The fourth-order valence-electron chi connectivity index (χ4n) is 5.75. The average molecular weight is 459 g/mol. The lowest BCUT2D eigenvalue weighted by Gasteiger charge is -2.21. The fourth-order valence-corrected chi connectivity index (χ4v) is 5.75. The zero-order valence-electron chi connectivity index (χ0n) is 22.2. The van der Waals surface area contributed by atoms with Crippen molar-refractivity contribution in [2.45, 2.75) is 72.6 Å². The molecule has 0 amide bonds. The standard InChI is InChI=1S/C32H30.C3H8/c1-19(2)25-13-11-22-12-14-27-29(20(3)4)18-30(28-16-15-26(25)31(22)32(27)28)24-10-9-21-7-5-6-8-23(21)17-24;1-3-2/h7-20H,5-6H2,1-4H3;3H2,1-2H3. The van der Waals surface area contributed by atoms with Crippen LogP contribution in [-0.4, -0.2) is 0 Å². The molecule has 1 aliphatic rings. The second-order valence-electron chi connectivity index (χ2n) is 10.8. The molecular formula is C35H38. The van der Waals surface area contributed by atoms with Crippen LogP contribution in [0.3, 0.4) is 0 Å². The minimum atomic E-state index is 0.473. The van der Waals surface area contributed by atoms with Crippen molar-refractivity contribution in [1.82, 2.24) is 0 Å². The zero-order valence-corrected chi connectivity index (χ0v) is 22.2. The zero-order chi connectivity index (χ0) is 24.7. The van der Waals surface area contributed by atoms with E-state index >= 15 is 0 Å². The Hall–Kier alpha value is -3.12. The van der Waals surface area contributed by atoms with E-state index in [1.54, 1.807) is 0 Å². The largest absolute Gasteiger partial charge is 0.0764 e. The van der Waals surface area contributed by atoms with Gasteiger partial charge in [0.25, 0.3) is 0 Å². The van der Waals surface area contributed by atoms with Gasteiger partial charge in [0.15, 0.2) is 0 Å². The van der Waals surface area contributed by atoms with Gasteiger partial charge in [0.2, 0.25) is 0 Å². The lowest BCUT2D eigenvalue weighted by Crippen LogP contribution is -2.26. The fraction of sp³-hybridized carbons (Fsp3) is 0.314. The maximum absolute atomic E-state index is 2.46. The van der Waals surface area contributed by atoms with E-state index in [-0.39, 0.29) is 0 Å². The molecule has 0 saturated heterocycles. The third-order valence-corrected chi connectivity index (χ3v) is 7.38. The summed E-state index contributed by atoms with van der Waals surface area (Å²) in [5.41, 5.74) is 5.60. The quantitative estimate of drug-likeness (QED) is 0.236. The van der Waals surface area contributed by atoms with E-state index < -0.39 is 0 Å². The Morgan fingerprint density at radius 3 is 1.91 bits per heavy atom. The van der Waals surface area contributed by atoms with Crippen molar-refractivity contribution in [3.63, 3.8) is 0 Å². The molecule has 0 aliphatic heterocycles. The minimum absolute atomic E-state index is 0.473. The lowest BCUT2D eigenvalue weighted by atomic mass is 9.83. The summed E-state index contributed by atoms with van der Waals surface area (Å²) in [6.07, 6.45) is 8.31. The van der Waals surface area contributed by atoms with Crippen LogP contribution < -0.4 is 10.4 Å². The van der Waals surface area contributed by atoms with Gasteiger partial charge in [-0.25, -0.2) is 0 Å². The van der Waals surface area contributed by atoms with Crippen molar-refractivity contribution < 1.29 is 0 Å². The first-order valence-electron chi connectivity index (χ1n) is 13.5. The van der Waals surface area contributed by atoms with Crippen molar-refractivity contribution in [2.75, 3.05) is 0 Å². The molecule has 6 rings (SSSR count). The Morgan fingerprint density at radius 1 is 0.600 bits per heavy atom. The number of hydrogen-bond donors (Lipinski definition) is 0. The van der Waals surface area contributed by atoms with E-state index in [0.717, 1.165) is 12.8 Å². The number of rotatable bonds is 3. The summed E-state index contributed by atoms with van der Waals surface area (Å²) in [5.74, 6) is 0.983. The molecule has 0 atom stereocenters. The summed E-state index contributed by atoms with van der Waals surface area (Å²) in [7, 11) is 0. The van der Waals surface area contributed by atoms with Crippen LogP contribution >= 0.6 is 0 Å². The second-order valence-corrected chi connectivity index (χ2v) is 10.8. The SMILES string of the molecule is CC(C)c1ccc2ccc3c(C(C)C)cc(-c4ccc5c(c4)=CCCC=5)c4ccc1c2c43.CCC. The highest BCUT2D eigenvalue weighted by atomic mass is 14.2. The predicted molar refractivity (Wildman–Crippen MR) is 157 cm³/mol. The molecule has 0 fully saturated rings. The third-order valence-electron chi connectivity index (χ3n) is 7.38. The van der Waals surface area contributed by atoms with E-state index in [0.29, 0.717) is 11.8 Å². The monoisotopic (exact) mass is 458 g/mol. The number of fused-ring (bicyclic) bond motifs is 1. The summed E-state index contributed by atoms with van der Waals surface area (Å²) >= 11 is 0. The van der Waals surface area contributed by atoms with Crippen LogP contribution in [0.5, 0.6) is 0 Å². The molecule has 5 aromatic rings. The van der Waals surface area contributed by atoms with E-state index in [2.05, 4.69) is 114 Å². The van der Waals surface area contributed by atoms with Crippen molar-refractivity contribution >= 4 is 44.5 Å². The summed E-state index contributed by atoms with van der Waals surface area (Å²) < 4.78 is 0. The number of benzene rings is 5. The molecule has 0 spiro atoms. The van der Waals surface area contributed by atoms with Gasteiger partial charge in [-0.15, -0.1) is 0 Å². The first kappa shape index (κ1) is 23.6. The summed E-state index contributed by atoms with van der Waals surface area (Å²) in [5, 5.41) is 11.2. The lowest BCUT2D eigenvalue weighted by molar-refractivity contribution is 0.876. The first-order chi connectivity index (χ1) is 16.9. The Kier molecular flexibility index (Phi) is 6.41. The van der Waals surface area contributed by atoms with Gasteiger partial charge in [-0.1, -0.05) is 109 Å². The smallest absolute Gasteiger partial charge is 0.00176 e. The molecule has 0 nitrogen and oxygen atoms in total. The van der Waals surface area contributed by atoms with Crippen molar-refractivity contribution in [3.8, 4) is 11.1 Å². The average Bonchev–Trinajstić information content (AvgIpc) is 2.86. The molecule has 178 valence electrons. The van der Waals surface area contributed by atoms with E-state index in [1.165, 1.54) is 71.4 Å². The highest BCUT2D eigenvalue weighted by Gasteiger charge is 2.18. The Bertz CT molecular complexity index is 1630. The summed E-state index contributed by atoms with van der Waals surface area (Å²) in [6, 6.07) is 23.6. The Balaban J connectivity index is 0.000000806. The highest BCUT2D eigenvalue weighted by Crippen LogP contribution is 2.44. The maximum Gasteiger partial charge on any atom is -0.00176 e. The molecule has 5 aromatic carbocycles. The van der Waals surface area contributed by atoms with Gasteiger partial charge in [-0.2, -0.15) is 0 Å². The molecule has 1 aliphatic carbocycles. The third kappa shape index (κ3) is 4.04. The van der Waals surface area contributed by atoms with Gasteiger partial charge in [-0.05, 0) is 102 Å². The van der Waals surface area contributed by atoms with E-state index in [4.69, 9.17) is 0 Å². The van der Waals surface area contributed by atoms with Crippen molar-refractivity contribution in [1.29, 1.82) is 0 Å². The first-order valence-corrected chi connectivity index (χ1v) is 13.5. The molecule has 0 heteroatoms. The maximum atomic E-state index is 2.46. The molecule has 0 unspecified atom stereocenters. The molecule has 0 aromatic heterocycles. The van der Waals surface area contributed by atoms with Crippen LogP contribution in [0.1, 0.15) is 83.8 Å². The van der Waals surface area contributed by atoms with Gasteiger partial charge >= 0.3 is 0 Å². The second kappa shape index (κ2) is 9.50. The molecule has 35 heavy (non-hydrogen) atoms. The topological polar surface area (TPSA) is 0 Å². The highest BCUT2D eigenvalue weighted by molar-refractivity contribution is 6.26.